The van der Waals surface area contributed by atoms with Crippen LogP contribution in [0.25, 0.3) is 0 Å². The molecule has 21 heavy (non-hydrogen) atoms. The zero-order chi connectivity index (χ0) is 15.1. The molecule has 0 saturated carbocycles. The molecule has 1 N–H and O–H groups in total. The second-order valence-electron chi connectivity index (χ2n) is 5.95. The van der Waals surface area contributed by atoms with Crippen LogP contribution in [-0.4, -0.2) is 23.5 Å². The third kappa shape index (κ3) is 5.96. The van der Waals surface area contributed by atoms with Crippen molar-refractivity contribution in [3.8, 4) is 0 Å². The number of nitrogens with zero attached hydrogens (tertiary/aromatic N) is 2. The lowest BCUT2D eigenvalue weighted by atomic mass is 10.2. The first kappa shape index (κ1) is 16.1. The first-order chi connectivity index (χ1) is 10.1. The van der Waals surface area contributed by atoms with Crippen LogP contribution in [0.2, 0.25) is 0 Å². The van der Waals surface area contributed by atoms with Crippen molar-refractivity contribution in [3.63, 3.8) is 0 Å². The molecule has 3 nitrogen and oxygen atoms in total. The molecule has 0 spiro atoms. The summed E-state index contributed by atoms with van der Waals surface area (Å²) in [4.78, 5) is 7.04. The molecular weight excluding hydrogens is 278 g/mol. The summed E-state index contributed by atoms with van der Waals surface area (Å²) in [5.41, 5.74) is 3.63. The molecule has 0 aromatic carbocycles. The van der Waals surface area contributed by atoms with Crippen molar-refractivity contribution in [2.75, 3.05) is 13.6 Å². The van der Waals surface area contributed by atoms with Gasteiger partial charge in [-0.2, -0.15) is 11.3 Å². The van der Waals surface area contributed by atoms with Crippen LogP contribution < -0.4 is 5.32 Å². The van der Waals surface area contributed by atoms with Crippen molar-refractivity contribution >= 4 is 11.3 Å². The molecule has 0 saturated heterocycles. The zero-order valence-electron chi connectivity index (χ0n) is 13.2. The molecule has 2 aromatic rings. The lowest BCUT2D eigenvalue weighted by molar-refractivity contribution is 0.315. The van der Waals surface area contributed by atoms with Crippen LogP contribution in [-0.2, 0) is 19.6 Å². The van der Waals surface area contributed by atoms with Crippen LogP contribution in [0.15, 0.2) is 35.0 Å². The van der Waals surface area contributed by atoms with Crippen molar-refractivity contribution < 1.29 is 0 Å². The van der Waals surface area contributed by atoms with E-state index in [0.29, 0.717) is 5.92 Å². The summed E-state index contributed by atoms with van der Waals surface area (Å²) in [5, 5.41) is 7.78. The molecule has 0 aliphatic rings. The van der Waals surface area contributed by atoms with E-state index in [1.54, 1.807) is 11.3 Å². The zero-order valence-corrected chi connectivity index (χ0v) is 14.0. The average molecular weight is 303 g/mol. The molecule has 4 heteroatoms. The smallest absolute Gasteiger partial charge is 0.0547 e. The normalized spacial score (nSPS) is 11.5. The Labute approximate surface area is 132 Å². The van der Waals surface area contributed by atoms with Gasteiger partial charge in [0.15, 0.2) is 0 Å². The fourth-order valence-corrected chi connectivity index (χ4v) is 2.89. The van der Waals surface area contributed by atoms with Gasteiger partial charge < -0.3 is 5.32 Å². The van der Waals surface area contributed by atoms with Gasteiger partial charge >= 0.3 is 0 Å². The third-order valence-corrected chi connectivity index (χ3v) is 3.92. The minimum Gasteiger partial charge on any atom is -0.311 e. The maximum atomic E-state index is 4.74. The number of pyridine rings is 1. The lowest BCUT2D eigenvalue weighted by Gasteiger charge is -2.16. The predicted molar refractivity (Wildman–Crippen MR) is 90.3 cm³/mol. The van der Waals surface area contributed by atoms with Gasteiger partial charge in [0.1, 0.15) is 0 Å². The van der Waals surface area contributed by atoms with Gasteiger partial charge in [-0.05, 0) is 54.0 Å². The second kappa shape index (κ2) is 8.27. The van der Waals surface area contributed by atoms with Crippen molar-refractivity contribution in [3.05, 3.63) is 52.0 Å². The van der Waals surface area contributed by atoms with Crippen molar-refractivity contribution in [1.29, 1.82) is 0 Å². The summed E-state index contributed by atoms with van der Waals surface area (Å²) in [7, 11) is 2.14. The number of aromatic nitrogens is 1. The van der Waals surface area contributed by atoms with Gasteiger partial charge in [0.25, 0.3) is 0 Å². The molecule has 2 heterocycles. The summed E-state index contributed by atoms with van der Waals surface area (Å²) in [6, 6.07) is 8.49. The number of nitrogens with one attached hydrogen (secondary N) is 1. The molecule has 0 unspecified atom stereocenters. The number of hydrogen-bond donors (Lipinski definition) is 1. The van der Waals surface area contributed by atoms with E-state index in [1.807, 2.05) is 0 Å². The highest BCUT2D eigenvalue weighted by atomic mass is 32.1. The van der Waals surface area contributed by atoms with Crippen molar-refractivity contribution in [1.82, 2.24) is 15.2 Å². The maximum absolute atomic E-state index is 4.74. The van der Waals surface area contributed by atoms with E-state index in [-0.39, 0.29) is 0 Å². The minimum absolute atomic E-state index is 0.671. The van der Waals surface area contributed by atoms with E-state index in [1.165, 1.54) is 5.56 Å². The summed E-state index contributed by atoms with van der Waals surface area (Å²) >= 11 is 1.75. The molecule has 0 radical (unpaired) electrons. The minimum atomic E-state index is 0.671. The number of hydrogen-bond acceptors (Lipinski definition) is 4. The Kier molecular flexibility index (Phi) is 6.36. The summed E-state index contributed by atoms with van der Waals surface area (Å²) in [6.45, 7) is 8.17. The first-order valence-corrected chi connectivity index (χ1v) is 8.43. The SMILES string of the molecule is CC(C)CNCc1cccc(CN(C)Cc2ccsc2)n1. The number of thiophene rings is 1. The Balaban J connectivity index is 1.85. The standard InChI is InChI=1S/C17H25N3S/c1-14(2)9-18-10-16-5-4-6-17(19-16)12-20(3)11-15-7-8-21-13-15/h4-8,13-14,18H,9-12H2,1-3H3. The van der Waals surface area contributed by atoms with Crippen LogP contribution in [0, 0.1) is 5.92 Å². The maximum Gasteiger partial charge on any atom is 0.0547 e. The highest BCUT2D eigenvalue weighted by Gasteiger charge is 2.04. The van der Waals surface area contributed by atoms with E-state index in [4.69, 9.17) is 4.98 Å². The topological polar surface area (TPSA) is 28.2 Å². The predicted octanol–water partition coefficient (Wildman–Crippen LogP) is 3.52. The first-order valence-electron chi connectivity index (χ1n) is 7.48. The Hall–Kier alpha value is -1.23. The van der Waals surface area contributed by atoms with Gasteiger partial charge in [-0.3, -0.25) is 9.88 Å². The molecule has 0 atom stereocenters. The molecule has 0 aliphatic carbocycles. The average Bonchev–Trinajstić information content (AvgIpc) is 2.91. The fraction of sp³-hybridized carbons (Fsp3) is 0.471. The number of rotatable bonds is 8. The van der Waals surface area contributed by atoms with Gasteiger partial charge in [-0.25, -0.2) is 0 Å². The molecule has 0 bridgehead atoms. The van der Waals surface area contributed by atoms with E-state index < -0.39 is 0 Å². The van der Waals surface area contributed by atoms with Crippen molar-refractivity contribution in [2.45, 2.75) is 33.5 Å². The molecule has 2 aromatic heterocycles. The van der Waals surface area contributed by atoms with E-state index >= 15 is 0 Å². The summed E-state index contributed by atoms with van der Waals surface area (Å²) < 4.78 is 0. The Morgan fingerprint density at radius 3 is 2.71 bits per heavy atom. The second-order valence-corrected chi connectivity index (χ2v) is 6.73. The molecule has 0 amide bonds. The van der Waals surface area contributed by atoms with E-state index in [9.17, 15) is 0 Å². The molecule has 2 rings (SSSR count). The van der Waals surface area contributed by atoms with Gasteiger partial charge in [-0.1, -0.05) is 19.9 Å². The molecule has 114 valence electrons. The van der Waals surface area contributed by atoms with Gasteiger partial charge in [0.2, 0.25) is 0 Å². The quantitative estimate of drug-likeness (QED) is 0.809. The van der Waals surface area contributed by atoms with Crippen LogP contribution in [0.5, 0.6) is 0 Å². The Bertz CT molecular complexity index is 523. The summed E-state index contributed by atoms with van der Waals surface area (Å²) in [6.07, 6.45) is 0. The molecule has 0 fully saturated rings. The highest BCUT2D eigenvalue weighted by molar-refractivity contribution is 7.07. The van der Waals surface area contributed by atoms with Gasteiger partial charge in [0.05, 0.1) is 11.4 Å². The van der Waals surface area contributed by atoms with Crippen molar-refractivity contribution in [2.24, 2.45) is 5.92 Å². The fourth-order valence-electron chi connectivity index (χ4n) is 2.23. The lowest BCUT2D eigenvalue weighted by Crippen LogP contribution is -2.21. The van der Waals surface area contributed by atoms with E-state index in [2.05, 4.69) is 66.1 Å². The van der Waals surface area contributed by atoms with Crippen LogP contribution >= 0.6 is 11.3 Å². The Morgan fingerprint density at radius 2 is 2.00 bits per heavy atom. The highest BCUT2D eigenvalue weighted by Crippen LogP contribution is 2.10. The van der Waals surface area contributed by atoms with E-state index in [0.717, 1.165) is 37.6 Å². The van der Waals surface area contributed by atoms with Gasteiger partial charge in [0, 0.05) is 19.6 Å². The van der Waals surface area contributed by atoms with Crippen LogP contribution in [0.4, 0.5) is 0 Å². The van der Waals surface area contributed by atoms with Crippen LogP contribution in [0.1, 0.15) is 30.8 Å². The molecule has 0 aliphatic heterocycles. The Morgan fingerprint density at radius 1 is 1.19 bits per heavy atom. The third-order valence-electron chi connectivity index (χ3n) is 3.19. The van der Waals surface area contributed by atoms with Gasteiger partial charge in [-0.15, -0.1) is 0 Å². The van der Waals surface area contributed by atoms with Crippen LogP contribution in [0.3, 0.4) is 0 Å². The summed E-state index contributed by atoms with van der Waals surface area (Å²) in [5.74, 6) is 0.671. The monoisotopic (exact) mass is 303 g/mol. The largest absolute Gasteiger partial charge is 0.311 e. The molecular formula is C17H25N3S.